The Kier molecular flexibility index (Phi) is 9.98. The first-order chi connectivity index (χ1) is 16.7. The van der Waals surface area contributed by atoms with Crippen LogP contribution < -0.4 is 10.6 Å². The summed E-state index contributed by atoms with van der Waals surface area (Å²) in [6, 6.07) is 4.26. The first kappa shape index (κ1) is 29.7. The van der Waals surface area contributed by atoms with Crippen molar-refractivity contribution in [3.8, 4) is 0 Å². The second-order valence-electron chi connectivity index (χ2n) is 11.8. The number of ether oxygens (including phenoxy) is 1. The number of amides is 3. The molecule has 1 fully saturated rings. The molecule has 0 radical (unpaired) electrons. The summed E-state index contributed by atoms with van der Waals surface area (Å²) in [5, 5.41) is 5.93. The highest BCUT2D eigenvalue weighted by Crippen LogP contribution is 2.41. The van der Waals surface area contributed by atoms with E-state index in [-0.39, 0.29) is 35.7 Å². The van der Waals surface area contributed by atoms with E-state index < -0.39 is 23.8 Å². The van der Waals surface area contributed by atoms with E-state index in [4.69, 9.17) is 4.74 Å². The van der Waals surface area contributed by atoms with Gasteiger partial charge in [-0.3, -0.25) is 9.59 Å². The van der Waals surface area contributed by atoms with Crippen molar-refractivity contribution >= 4 is 17.9 Å². The molecule has 5 atom stereocenters. The molecular weight excluding hydrogens is 454 g/mol. The molecule has 202 valence electrons. The van der Waals surface area contributed by atoms with E-state index in [1.807, 2.05) is 52.8 Å². The normalized spacial score (nSPS) is 19.8. The third-order valence-electron chi connectivity index (χ3n) is 6.77. The summed E-state index contributed by atoms with van der Waals surface area (Å²) in [7, 11) is 0. The maximum atomic E-state index is 14.2. The fourth-order valence-corrected chi connectivity index (χ4v) is 4.48. The van der Waals surface area contributed by atoms with Gasteiger partial charge >= 0.3 is 6.09 Å². The van der Waals surface area contributed by atoms with E-state index >= 15 is 0 Å². The van der Waals surface area contributed by atoms with Gasteiger partial charge in [-0.15, -0.1) is 0 Å². The number of benzene rings is 1. The van der Waals surface area contributed by atoms with Gasteiger partial charge in [0, 0.05) is 12.1 Å². The molecule has 1 aliphatic rings. The smallest absolute Gasteiger partial charge is 0.408 e. The van der Waals surface area contributed by atoms with E-state index in [0.717, 1.165) is 36.0 Å². The Morgan fingerprint density at radius 3 is 2.17 bits per heavy atom. The lowest BCUT2D eigenvalue weighted by atomic mass is 9.96. The Morgan fingerprint density at radius 1 is 1.08 bits per heavy atom. The minimum Gasteiger partial charge on any atom is -0.444 e. The van der Waals surface area contributed by atoms with Crippen LogP contribution >= 0.6 is 0 Å². The Bertz CT molecular complexity index is 937. The van der Waals surface area contributed by atoms with Crippen molar-refractivity contribution < 1.29 is 19.1 Å². The first-order valence-corrected chi connectivity index (χ1v) is 13.3. The highest BCUT2D eigenvalue weighted by molar-refractivity contribution is 5.93. The summed E-state index contributed by atoms with van der Waals surface area (Å²) < 4.78 is 5.45. The predicted molar refractivity (Wildman–Crippen MR) is 144 cm³/mol. The average Bonchev–Trinajstić information content (AvgIpc) is 3.46. The topological polar surface area (TPSA) is 87.7 Å². The molecule has 2 N–H and O–H groups in total. The molecule has 3 amide bonds. The lowest BCUT2D eigenvalue weighted by Crippen LogP contribution is -2.56. The van der Waals surface area contributed by atoms with E-state index in [2.05, 4.69) is 24.5 Å². The van der Waals surface area contributed by atoms with Crippen LogP contribution in [0.5, 0.6) is 0 Å². The van der Waals surface area contributed by atoms with Crippen LogP contribution in [-0.4, -0.2) is 46.5 Å². The van der Waals surface area contributed by atoms with Crippen LogP contribution in [-0.2, 0) is 14.3 Å². The number of hydrogen-bond donors (Lipinski definition) is 2. The highest BCUT2D eigenvalue weighted by atomic mass is 16.6. The van der Waals surface area contributed by atoms with Gasteiger partial charge in [0.25, 0.3) is 0 Å². The van der Waals surface area contributed by atoms with Crippen LogP contribution in [0.2, 0.25) is 0 Å². The fraction of sp³-hybridized carbons (Fsp3) is 0.690. The van der Waals surface area contributed by atoms with Crippen LogP contribution in [0.4, 0.5) is 4.79 Å². The zero-order valence-electron chi connectivity index (χ0n) is 23.9. The van der Waals surface area contributed by atoms with Crippen LogP contribution in [0.1, 0.15) is 97.4 Å². The van der Waals surface area contributed by atoms with Gasteiger partial charge in [0.05, 0.1) is 0 Å². The molecule has 1 aromatic carbocycles. The standard InChI is InChI=1S/C29H47N3O4/c1-11-12-21(7)30-26(33)25(22-14-13-18(4)19(5)15-22)32(23-16-20(23)6)27(34)24(17(2)3)31-28(35)36-29(8,9)10/h13-15,17,20-21,23-25H,11-12,16H2,1-10H3,(H,30,33)(H,31,35). The minimum absolute atomic E-state index is 0.00842. The Morgan fingerprint density at radius 2 is 1.69 bits per heavy atom. The summed E-state index contributed by atoms with van der Waals surface area (Å²) in [5.74, 6) is -0.361. The van der Waals surface area contributed by atoms with E-state index in [9.17, 15) is 14.4 Å². The van der Waals surface area contributed by atoms with Crippen molar-refractivity contribution in [1.82, 2.24) is 15.5 Å². The SMILES string of the molecule is CCCC(C)NC(=O)C(c1ccc(C)c(C)c1)N(C(=O)C(NC(=O)OC(C)(C)C)C(C)C)C1CC1C. The zero-order chi connectivity index (χ0) is 27.4. The maximum Gasteiger partial charge on any atom is 0.408 e. The van der Waals surface area contributed by atoms with Gasteiger partial charge in [-0.25, -0.2) is 4.79 Å². The molecule has 1 aromatic rings. The van der Waals surface area contributed by atoms with Crippen molar-refractivity contribution in [1.29, 1.82) is 0 Å². The molecule has 1 saturated carbocycles. The maximum absolute atomic E-state index is 14.2. The van der Waals surface area contributed by atoms with Crippen molar-refractivity contribution in [3.05, 3.63) is 34.9 Å². The van der Waals surface area contributed by atoms with Crippen molar-refractivity contribution in [2.45, 2.75) is 118 Å². The van der Waals surface area contributed by atoms with Crippen molar-refractivity contribution in [2.75, 3.05) is 0 Å². The lowest BCUT2D eigenvalue weighted by Gasteiger charge is -2.36. The third kappa shape index (κ3) is 7.97. The Hall–Kier alpha value is -2.57. The number of rotatable bonds is 10. The zero-order valence-corrected chi connectivity index (χ0v) is 23.9. The molecule has 5 unspecified atom stereocenters. The second-order valence-corrected chi connectivity index (χ2v) is 11.8. The van der Waals surface area contributed by atoms with Crippen molar-refractivity contribution in [3.63, 3.8) is 0 Å². The molecule has 7 nitrogen and oxygen atoms in total. The first-order valence-electron chi connectivity index (χ1n) is 13.3. The molecule has 0 heterocycles. The van der Waals surface area contributed by atoms with Gasteiger partial charge < -0.3 is 20.3 Å². The molecule has 1 aliphatic carbocycles. The van der Waals surface area contributed by atoms with E-state index in [0.29, 0.717) is 0 Å². The number of carbonyl (C=O) groups excluding carboxylic acids is 3. The number of carbonyl (C=O) groups is 3. The summed E-state index contributed by atoms with van der Waals surface area (Å²) in [6.45, 7) is 19.4. The average molecular weight is 502 g/mol. The number of nitrogens with one attached hydrogen (secondary N) is 2. The van der Waals surface area contributed by atoms with Gasteiger partial charge in [-0.05, 0) is 82.9 Å². The molecule has 0 aromatic heterocycles. The number of nitrogens with zero attached hydrogens (tertiary/aromatic N) is 1. The summed E-state index contributed by atoms with van der Waals surface area (Å²) >= 11 is 0. The predicted octanol–water partition coefficient (Wildman–Crippen LogP) is 5.44. The van der Waals surface area contributed by atoms with E-state index in [1.54, 1.807) is 25.7 Å². The lowest BCUT2D eigenvalue weighted by molar-refractivity contribution is -0.144. The van der Waals surface area contributed by atoms with Crippen LogP contribution in [0.15, 0.2) is 18.2 Å². The molecule has 0 spiro atoms. The monoisotopic (exact) mass is 501 g/mol. The molecule has 0 aliphatic heterocycles. The molecule has 36 heavy (non-hydrogen) atoms. The Labute approximate surface area is 217 Å². The fourth-order valence-electron chi connectivity index (χ4n) is 4.48. The van der Waals surface area contributed by atoms with Gasteiger partial charge in [-0.2, -0.15) is 0 Å². The molecule has 2 rings (SSSR count). The summed E-state index contributed by atoms with van der Waals surface area (Å²) in [5.41, 5.74) is 2.29. The Balaban J connectivity index is 2.51. The summed E-state index contributed by atoms with van der Waals surface area (Å²) in [6.07, 6.45) is 1.99. The van der Waals surface area contributed by atoms with Crippen molar-refractivity contribution in [2.24, 2.45) is 11.8 Å². The minimum atomic E-state index is -0.817. The summed E-state index contributed by atoms with van der Waals surface area (Å²) in [4.78, 5) is 42.3. The molecule has 7 heteroatoms. The van der Waals surface area contributed by atoms with Gasteiger partial charge in [0.1, 0.15) is 17.7 Å². The van der Waals surface area contributed by atoms with Crippen LogP contribution in [0, 0.1) is 25.7 Å². The van der Waals surface area contributed by atoms with Gasteiger partial charge in [0.15, 0.2) is 0 Å². The second kappa shape index (κ2) is 12.1. The molecule has 0 saturated heterocycles. The van der Waals surface area contributed by atoms with Crippen LogP contribution in [0.25, 0.3) is 0 Å². The highest BCUT2D eigenvalue weighted by Gasteiger charge is 2.48. The van der Waals surface area contributed by atoms with Gasteiger partial charge in [0.2, 0.25) is 11.8 Å². The molecule has 0 bridgehead atoms. The van der Waals surface area contributed by atoms with Gasteiger partial charge in [-0.1, -0.05) is 52.3 Å². The van der Waals surface area contributed by atoms with Crippen LogP contribution in [0.3, 0.4) is 0 Å². The van der Waals surface area contributed by atoms with E-state index in [1.165, 1.54) is 0 Å². The largest absolute Gasteiger partial charge is 0.444 e. The quantitative estimate of drug-likeness (QED) is 0.447. The number of hydrogen-bond acceptors (Lipinski definition) is 4. The third-order valence-corrected chi connectivity index (χ3v) is 6.77. The molecular formula is C29H47N3O4. The number of alkyl carbamates (subject to hydrolysis) is 1. The number of aryl methyl sites for hydroxylation is 2.